The summed E-state index contributed by atoms with van der Waals surface area (Å²) in [5.41, 5.74) is 3.10. The molecule has 94 valence electrons. The van der Waals surface area contributed by atoms with Gasteiger partial charge in [-0.15, -0.1) is 0 Å². The molecule has 0 radical (unpaired) electrons. The van der Waals surface area contributed by atoms with Gasteiger partial charge in [0.25, 0.3) is 0 Å². The molecule has 1 aromatic carbocycles. The fourth-order valence-corrected chi connectivity index (χ4v) is 1.99. The minimum atomic E-state index is -0.580. The molecule has 0 aliphatic heterocycles. The number of benzene rings is 1. The van der Waals surface area contributed by atoms with Gasteiger partial charge in [0.15, 0.2) is 0 Å². The Hall–Kier alpha value is -1.87. The number of methoxy groups -OCH3 is 1. The molecule has 0 aliphatic rings. The van der Waals surface area contributed by atoms with Gasteiger partial charge < -0.3 is 9.84 Å². The zero-order chi connectivity index (χ0) is 13.0. The first-order valence-corrected chi connectivity index (χ1v) is 5.93. The molecule has 0 spiro atoms. The van der Waals surface area contributed by atoms with Crippen molar-refractivity contribution in [2.45, 2.75) is 19.4 Å². The van der Waals surface area contributed by atoms with E-state index in [1.54, 1.807) is 25.6 Å². The van der Waals surface area contributed by atoms with Crippen LogP contribution in [0.25, 0.3) is 0 Å². The number of aryl methyl sites for hydroxylation is 1. The Balaban J connectivity index is 2.22. The Labute approximate surface area is 107 Å². The third kappa shape index (κ3) is 2.68. The molecular formula is C15H17NO2. The van der Waals surface area contributed by atoms with Gasteiger partial charge in [-0.05, 0) is 24.1 Å². The quantitative estimate of drug-likeness (QED) is 0.897. The van der Waals surface area contributed by atoms with E-state index < -0.39 is 6.10 Å². The summed E-state index contributed by atoms with van der Waals surface area (Å²) in [5, 5.41) is 10.3. The standard InChI is InChI=1S/C15H17NO2/c1-11-5-3-4-6-12(11)9-14(17)13-7-8-16-10-15(13)18-2/h3-8,10,14,17H,9H2,1-2H3. The number of rotatable bonds is 4. The summed E-state index contributed by atoms with van der Waals surface area (Å²) >= 11 is 0. The van der Waals surface area contributed by atoms with Crippen molar-refractivity contribution >= 4 is 0 Å². The molecule has 1 N–H and O–H groups in total. The van der Waals surface area contributed by atoms with Crippen molar-refractivity contribution in [2.24, 2.45) is 0 Å². The number of aromatic nitrogens is 1. The van der Waals surface area contributed by atoms with E-state index in [1.165, 1.54) is 5.56 Å². The second-order valence-corrected chi connectivity index (χ2v) is 4.26. The van der Waals surface area contributed by atoms with Crippen molar-refractivity contribution in [1.82, 2.24) is 4.98 Å². The average molecular weight is 243 g/mol. The highest BCUT2D eigenvalue weighted by molar-refractivity contribution is 5.34. The number of hydrogen-bond acceptors (Lipinski definition) is 3. The summed E-state index contributed by atoms with van der Waals surface area (Å²) in [6.45, 7) is 2.05. The zero-order valence-corrected chi connectivity index (χ0v) is 10.6. The van der Waals surface area contributed by atoms with Crippen molar-refractivity contribution in [1.29, 1.82) is 0 Å². The lowest BCUT2D eigenvalue weighted by Gasteiger charge is -2.15. The lowest BCUT2D eigenvalue weighted by molar-refractivity contribution is 0.173. The molecule has 0 saturated heterocycles. The molecular weight excluding hydrogens is 226 g/mol. The predicted octanol–water partition coefficient (Wildman–Crippen LogP) is 2.67. The van der Waals surface area contributed by atoms with Gasteiger partial charge in [-0.1, -0.05) is 24.3 Å². The Kier molecular flexibility index (Phi) is 3.95. The van der Waals surface area contributed by atoms with Crippen LogP contribution in [0.3, 0.4) is 0 Å². The first-order valence-electron chi connectivity index (χ1n) is 5.93. The number of ether oxygens (including phenoxy) is 1. The molecule has 0 bridgehead atoms. The molecule has 1 atom stereocenters. The van der Waals surface area contributed by atoms with Crippen molar-refractivity contribution in [2.75, 3.05) is 7.11 Å². The van der Waals surface area contributed by atoms with Gasteiger partial charge in [-0.25, -0.2) is 0 Å². The Morgan fingerprint density at radius 2 is 2.06 bits per heavy atom. The third-order valence-electron chi connectivity index (χ3n) is 3.07. The van der Waals surface area contributed by atoms with Crippen molar-refractivity contribution in [3.63, 3.8) is 0 Å². The first kappa shape index (κ1) is 12.6. The van der Waals surface area contributed by atoms with E-state index in [0.717, 1.165) is 11.1 Å². The molecule has 0 aliphatic carbocycles. The summed E-state index contributed by atoms with van der Waals surface area (Å²) in [4.78, 5) is 3.99. The molecule has 1 heterocycles. The van der Waals surface area contributed by atoms with E-state index in [2.05, 4.69) is 4.98 Å². The van der Waals surface area contributed by atoms with Crippen LogP contribution in [0.4, 0.5) is 0 Å². The van der Waals surface area contributed by atoms with E-state index in [-0.39, 0.29) is 0 Å². The SMILES string of the molecule is COc1cnccc1C(O)Cc1ccccc1C. The molecule has 0 amide bonds. The molecule has 3 heteroatoms. The van der Waals surface area contributed by atoms with Crippen LogP contribution in [-0.4, -0.2) is 17.2 Å². The van der Waals surface area contributed by atoms with Gasteiger partial charge in [0.05, 0.1) is 19.4 Å². The topological polar surface area (TPSA) is 42.4 Å². The fraction of sp³-hybridized carbons (Fsp3) is 0.267. The summed E-state index contributed by atoms with van der Waals surface area (Å²) in [7, 11) is 1.58. The van der Waals surface area contributed by atoms with Crippen LogP contribution in [0.5, 0.6) is 5.75 Å². The molecule has 1 unspecified atom stereocenters. The first-order chi connectivity index (χ1) is 8.72. The summed E-state index contributed by atoms with van der Waals surface area (Å²) in [6, 6.07) is 9.86. The van der Waals surface area contributed by atoms with Gasteiger partial charge in [0.1, 0.15) is 5.75 Å². The van der Waals surface area contributed by atoms with Crippen LogP contribution < -0.4 is 4.74 Å². The Morgan fingerprint density at radius 3 is 2.78 bits per heavy atom. The normalized spacial score (nSPS) is 12.2. The van der Waals surface area contributed by atoms with Crippen LogP contribution >= 0.6 is 0 Å². The summed E-state index contributed by atoms with van der Waals surface area (Å²) in [6.07, 6.45) is 3.28. The molecule has 0 saturated carbocycles. The van der Waals surface area contributed by atoms with Gasteiger partial charge in [-0.2, -0.15) is 0 Å². The molecule has 0 fully saturated rings. The highest BCUT2D eigenvalue weighted by atomic mass is 16.5. The monoisotopic (exact) mass is 243 g/mol. The third-order valence-corrected chi connectivity index (χ3v) is 3.07. The number of hydrogen-bond donors (Lipinski definition) is 1. The highest BCUT2D eigenvalue weighted by Crippen LogP contribution is 2.27. The van der Waals surface area contributed by atoms with Crippen LogP contribution in [0.1, 0.15) is 22.8 Å². The Morgan fingerprint density at radius 1 is 1.28 bits per heavy atom. The highest BCUT2D eigenvalue weighted by Gasteiger charge is 2.14. The minimum Gasteiger partial charge on any atom is -0.495 e. The van der Waals surface area contributed by atoms with E-state index in [9.17, 15) is 5.11 Å². The average Bonchev–Trinajstić information content (AvgIpc) is 2.41. The molecule has 2 aromatic rings. The van der Waals surface area contributed by atoms with Gasteiger partial charge in [0.2, 0.25) is 0 Å². The number of aliphatic hydroxyl groups is 1. The zero-order valence-electron chi connectivity index (χ0n) is 10.6. The maximum Gasteiger partial charge on any atom is 0.142 e. The van der Waals surface area contributed by atoms with E-state index in [0.29, 0.717) is 12.2 Å². The van der Waals surface area contributed by atoms with Gasteiger partial charge in [0, 0.05) is 18.2 Å². The van der Waals surface area contributed by atoms with Gasteiger partial charge >= 0.3 is 0 Å². The molecule has 18 heavy (non-hydrogen) atoms. The van der Waals surface area contributed by atoms with Crippen LogP contribution in [-0.2, 0) is 6.42 Å². The number of pyridine rings is 1. The van der Waals surface area contributed by atoms with Gasteiger partial charge in [-0.3, -0.25) is 4.98 Å². The van der Waals surface area contributed by atoms with Crippen molar-refractivity contribution in [3.05, 3.63) is 59.4 Å². The van der Waals surface area contributed by atoms with E-state index in [1.807, 2.05) is 31.2 Å². The smallest absolute Gasteiger partial charge is 0.142 e. The van der Waals surface area contributed by atoms with Crippen LogP contribution in [0, 0.1) is 6.92 Å². The molecule has 1 aromatic heterocycles. The number of aliphatic hydroxyl groups excluding tert-OH is 1. The van der Waals surface area contributed by atoms with Crippen molar-refractivity contribution < 1.29 is 9.84 Å². The Bertz CT molecular complexity index is 525. The van der Waals surface area contributed by atoms with Crippen LogP contribution in [0.2, 0.25) is 0 Å². The fourth-order valence-electron chi connectivity index (χ4n) is 1.99. The maximum atomic E-state index is 10.3. The van der Waals surface area contributed by atoms with Crippen LogP contribution in [0.15, 0.2) is 42.7 Å². The second-order valence-electron chi connectivity index (χ2n) is 4.26. The summed E-state index contributed by atoms with van der Waals surface area (Å²) in [5.74, 6) is 0.624. The minimum absolute atomic E-state index is 0.576. The predicted molar refractivity (Wildman–Crippen MR) is 70.6 cm³/mol. The molecule has 3 nitrogen and oxygen atoms in total. The molecule has 2 rings (SSSR count). The summed E-state index contributed by atoms with van der Waals surface area (Å²) < 4.78 is 5.21. The van der Waals surface area contributed by atoms with E-state index in [4.69, 9.17) is 4.74 Å². The van der Waals surface area contributed by atoms with E-state index >= 15 is 0 Å². The lowest BCUT2D eigenvalue weighted by Crippen LogP contribution is -2.05. The van der Waals surface area contributed by atoms with Crippen molar-refractivity contribution in [3.8, 4) is 5.75 Å². The lowest BCUT2D eigenvalue weighted by atomic mass is 9.98. The number of nitrogens with zero attached hydrogens (tertiary/aromatic N) is 1. The second kappa shape index (κ2) is 5.65. The maximum absolute atomic E-state index is 10.3. The largest absolute Gasteiger partial charge is 0.495 e.